The van der Waals surface area contributed by atoms with Crippen LogP contribution in [0.25, 0.3) is 5.70 Å². The Morgan fingerprint density at radius 1 is 1.30 bits per heavy atom. The largest absolute Gasteiger partial charge is 0.573 e. The monoisotopic (exact) mass is 460 g/mol. The summed E-state index contributed by atoms with van der Waals surface area (Å²) in [4.78, 5) is 19.4. The van der Waals surface area contributed by atoms with Gasteiger partial charge in [0.2, 0.25) is 0 Å². The lowest BCUT2D eigenvalue weighted by Crippen LogP contribution is -2.53. The number of piperazine rings is 1. The normalized spacial score (nSPS) is 17.5. The molecule has 11 heteroatoms. The Morgan fingerprint density at radius 2 is 2.03 bits per heavy atom. The molecule has 2 fully saturated rings. The highest BCUT2D eigenvalue weighted by atomic mass is 19.4. The molecule has 174 valence electrons. The maximum absolute atomic E-state index is 12.8. The predicted octanol–water partition coefficient (Wildman–Crippen LogP) is 3.12. The molecule has 1 saturated heterocycles. The summed E-state index contributed by atoms with van der Waals surface area (Å²) in [6, 6.07) is 6.44. The summed E-state index contributed by atoms with van der Waals surface area (Å²) in [6.45, 7) is 2.33. The Morgan fingerprint density at radius 3 is 2.67 bits per heavy atom. The number of benzene rings is 1. The SMILES string of the molecule is N=C/C=C(\N)c1cc(C(=O)Nc2ccc(OC(F)(F)F)cc2)cnc1N1CCNC2(CC2)C1. The van der Waals surface area contributed by atoms with E-state index in [1.54, 1.807) is 6.07 Å². The quantitative estimate of drug-likeness (QED) is 0.493. The highest BCUT2D eigenvalue weighted by Gasteiger charge is 2.46. The summed E-state index contributed by atoms with van der Waals surface area (Å²) >= 11 is 0. The first-order valence-corrected chi connectivity index (χ1v) is 10.3. The molecule has 1 amide bonds. The third-order valence-electron chi connectivity index (χ3n) is 5.58. The number of nitrogens with two attached hydrogens (primary N) is 1. The third kappa shape index (κ3) is 5.43. The van der Waals surface area contributed by atoms with Gasteiger partial charge in [0.15, 0.2) is 0 Å². The molecule has 1 aliphatic heterocycles. The zero-order chi connectivity index (χ0) is 23.6. The molecule has 4 rings (SSSR count). The molecular formula is C22H23F3N6O2. The number of ether oxygens (including phenoxy) is 1. The van der Waals surface area contributed by atoms with Crippen LogP contribution in [0.2, 0.25) is 0 Å². The molecular weight excluding hydrogens is 437 g/mol. The van der Waals surface area contributed by atoms with Crippen molar-refractivity contribution in [1.82, 2.24) is 10.3 Å². The summed E-state index contributed by atoms with van der Waals surface area (Å²) in [7, 11) is 0. The van der Waals surface area contributed by atoms with Crippen LogP contribution >= 0.6 is 0 Å². The van der Waals surface area contributed by atoms with E-state index in [9.17, 15) is 18.0 Å². The van der Waals surface area contributed by atoms with Gasteiger partial charge >= 0.3 is 6.36 Å². The van der Waals surface area contributed by atoms with Gasteiger partial charge in [-0.2, -0.15) is 0 Å². The molecule has 33 heavy (non-hydrogen) atoms. The number of carbonyl (C=O) groups is 1. The molecule has 2 aromatic rings. The van der Waals surface area contributed by atoms with Gasteiger partial charge in [-0.1, -0.05) is 0 Å². The maximum Gasteiger partial charge on any atom is 0.573 e. The zero-order valence-electron chi connectivity index (χ0n) is 17.6. The van der Waals surface area contributed by atoms with Crippen LogP contribution in [0, 0.1) is 5.41 Å². The molecule has 2 heterocycles. The average Bonchev–Trinajstić information content (AvgIpc) is 3.52. The molecule has 5 N–H and O–H groups in total. The molecule has 1 aliphatic carbocycles. The molecule has 0 unspecified atom stereocenters. The first-order chi connectivity index (χ1) is 15.7. The second kappa shape index (κ2) is 8.74. The predicted molar refractivity (Wildman–Crippen MR) is 118 cm³/mol. The number of nitrogens with zero attached hydrogens (tertiary/aromatic N) is 2. The summed E-state index contributed by atoms with van der Waals surface area (Å²) < 4.78 is 40.8. The first kappa shape index (κ1) is 22.6. The van der Waals surface area contributed by atoms with Crippen LogP contribution in [0.15, 0.2) is 42.6 Å². The smallest absolute Gasteiger partial charge is 0.406 e. The third-order valence-corrected chi connectivity index (χ3v) is 5.58. The number of rotatable bonds is 6. The van der Waals surface area contributed by atoms with Gasteiger partial charge in [-0.05, 0) is 49.2 Å². The number of amides is 1. The number of nitrogens with one attached hydrogen (secondary N) is 3. The highest BCUT2D eigenvalue weighted by molar-refractivity contribution is 6.05. The molecule has 8 nitrogen and oxygen atoms in total. The Balaban J connectivity index is 1.55. The second-order valence-electron chi connectivity index (χ2n) is 8.04. The van der Waals surface area contributed by atoms with Gasteiger partial charge < -0.3 is 31.4 Å². The van der Waals surface area contributed by atoms with Crippen molar-refractivity contribution in [3.8, 4) is 5.75 Å². The van der Waals surface area contributed by atoms with E-state index >= 15 is 0 Å². The van der Waals surface area contributed by atoms with Crippen LogP contribution < -0.4 is 26.0 Å². The van der Waals surface area contributed by atoms with Crippen molar-refractivity contribution >= 4 is 29.3 Å². The van der Waals surface area contributed by atoms with E-state index in [4.69, 9.17) is 11.1 Å². The van der Waals surface area contributed by atoms with Gasteiger partial charge in [0.1, 0.15) is 11.6 Å². The number of carbonyl (C=O) groups excluding carboxylic acids is 1. The fourth-order valence-corrected chi connectivity index (χ4v) is 3.79. The average molecular weight is 460 g/mol. The Bertz CT molecular complexity index is 1080. The number of alkyl halides is 3. The maximum atomic E-state index is 12.8. The van der Waals surface area contributed by atoms with Crippen molar-refractivity contribution in [2.45, 2.75) is 24.7 Å². The topological polar surface area (TPSA) is 116 Å². The minimum atomic E-state index is -4.79. The van der Waals surface area contributed by atoms with Crippen molar-refractivity contribution in [1.29, 1.82) is 5.41 Å². The number of allylic oxidation sites excluding steroid dienone is 1. The zero-order valence-corrected chi connectivity index (χ0v) is 17.6. The minimum Gasteiger partial charge on any atom is -0.406 e. The molecule has 1 saturated carbocycles. The van der Waals surface area contributed by atoms with Crippen molar-refractivity contribution < 1.29 is 22.7 Å². The van der Waals surface area contributed by atoms with Gasteiger partial charge in [0.25, 0.3) is 5.91 Å². The number of hydrogen-bond donors (Lipinski definition) is 4. The van der Waals surface area contributed by atoms with E-state index in [1.807, 2.05) is 0 Å². The standard InChI is InChI=1S/C22H23F3N6O2/c23-22(24,25)33-16-3-1-15(2-4-16)30-20(32)14-11-17(18(27)5-8-26)19(28-12-14)31-10-9-29-21(13-31)6-7-21/h1-5,8,11-12,26,29H,6-7,9-10,13,27H2,(H,30,32)/b18-5-,26-8?. The number of halogens is 3. The molecule has 2 aliphatic rings. The Labute approximate surface area is 188 Å². The van der Waals surface area contributed by atoms with Gasteiger partial charge in [-0.15, -0.1) is 13.2 Å². The van der Waals surface area contributed by atoms with Crippen molar-refractivity contribution in [3.63, 3.8) is 0 Å². The van der Waals surface area contributed by atoms with Crippen molar-refractivity contribution in [2.24, 2.45) is 5.73 Å². The Hall–Kier alpha value is -3.60. The van der Waals surface area contributed by atoms with Crippen molar-refractivity contribution in [2.75, 3.05) is 29.9 Å². The van der Waals surface area contributed by atoms with E-state index in [0.29, 0.717) is 22.8 Å². The van der Waals surface area contributed by atoms with Crippen LogP contribution in [0.4, 0.5) is 24.7 Å². The lowest BCUT2D eigenvalue weighted by molar-refractivity contribution is -0.274. The van der Waals surface area contributed by atoms with E-state index < -0.39 is 12.3 Å². The van der Waals surface area contributed by atoms with Gasteiger partial charge in [0.05, 0.1) is 5.56 Å². The number of pyridine rings is 1. The van der Waals surface area contributed by atoms with Crippen molar-refractivity contribution in [3.05, 3.63) is 53.7 Å². The molecule has 1 aromatic carbocycles. The molecule has 0 atom stereocenters. The fourth-order valence-electron chi connectivity index (χ4n) is 3.79. The van der Waals surface area contributed by atoms with Crippen LogP contribution in [0.5, 0.6) is 5.75 Å². The van der Waals surface area contributed by atoms with Gasteiger partial charge in [-0.25, -0.2) is 4.98 Å². The van der Waals surface area contributed by atoms with Gasteiger partial charge in [0, 0.05) is 54.5 Å². The number of aromatic nitrogens is 1. The summed E-state index contributed by atoms with van der Waals surface area (Å²) in [5.41, 5.74) is 7.64. The van der Waals surface area contributed by atoms with Crippen LogP contribution in [0.1, 0.15) is 28.8 Å². The first-order valence-electron chi connectivity index (χ1n) is 10.3. The van der Waals surface area contributed by atoms with E-state index in [0.717, 1.165) is 50.8 Å². The summed E-state index contributed by atoms with van der Waals surface area (Å²) in [6.07, 6.45) is 1.33. The number of hydrogen-bond acceptors (Lipinski definition) is 7. The van der Waals surface area contributed by atoms with Gasteiger partial charge in [-0.3, -0.25) is 4.79 Å². The van der Waals surface area contributed by atoms with E-state index in [1.165, 1.54) is 24.4 Å². The summed E-state index contributed by atoms with van der Waals surface area (Å²) in [5.74, 6) is -0.243. The van der Waals surface area contributed by atoms with E-state index in [2.05, 4.69) is 25.3 Å². The van der Waals surface area contributed by atoms with E-state index in [-0.39, 0.29) is 16.9 Å². The number of anilines is 2. The van der Waals surface area contributed by atoms with Crippen LogP contribution in [-0.4, -0.2) is 48.6 Å². The lowest BCUT2D eigenvalue weighted by Gasteiger charge is -2.36. The summed E-state index contributed by atoms with van der Waals surface area (Å²) in [5, 5.41) is 13.5. The highest BCUT2D eigenvalue weighted by Crippen LogP contribution is 2.39. The Kier molecular flexibility index (Phi) is 5.98. The minimum absolute atomic E-state index is 0.106. The molecule has 0 bridgehead atoms. The lowest BCUT2D eigenvalue weighted by atomic mass is 10.1. The van der Waals surface area contributed by atoms with Crippen LogP contribution in [-0.2, 0) is 0 Å². The molecule has 1 spiro atoms. The molecule has 1 aromatic heterocycles. The second-order valence-corrected chi connectivity index (χ2v) is 8.04. The molecule has 0 radical (unpaired) electrons. The fraction of sp³-hybridized carbons (Fsp3) is 0.318. The van der Waals surface area contributed by atoms with Crippen LogP contribution in [0.3, 0.4) is 0 Å².